The molecule has 6 nitrogen and oxygen atoms in total. The third-order valence-corrected chi connectivity index (χ3v) is 3.71. The predicted molar refractivity (Wildman–Crippen MR) is 70.4 cm³/mol. The number of nitrogens with zero attached hydrogens (tertiary/aromatic N) is 1. The smallest absolute Gasteiger partial charge is 0.342 e. The molecule has 2 N–H and O–H groups in total. The van der Waals surface area contributed by atoms with Crippen molar-refractivity contribution >= 4 is 17.3 Å². The largest absolute Gasteiger partial charge is 0.477 e. The lowest BCUT2D eigenvalue weighted by atomic mass is 10.1. The Morgan fingerprint density at radius 2 is 2.20 bits per heavy atom. The number of nitro benzene ring substituents is 1. The van der Waals surface area contributed by atoms with Gasteiger partial charge in [-0.2, -0.15) is 0 Å². The maximum atomic E-state index is 13.9. The van der Waals surface area contributed by atoms with Crippen LogP contribution in [0.4, 0.5) is 15.8 Å². The molecule has 0 heterocycles. The fourth-order valence-corrected chi connectivity index (χ4v) is 2.56. The lowest BCUT2D eigenvalue weighted by Crippen LogP contribution is -2.22. The van der Waals surface area contributed by atoms with Crippen molar-refractivity contribution < 1.29 is 19.2 Å². The second kappa shape index (κ2) is 5.44. The lowest BCUT2D eigenvalue weighted by molar-refractivity contribution is -0.385. The van der Waals surface area contributed by atoms with Crippen LogP contribution in [0.2, 0.25) is 0 Å². The summed E-state index contributed by atoms with van der Waals surface area (Å²) >= 11 is 0. The fourth-order valence-electron chi connectivity index (χ4n) is 2.56. The van der Waals surface area contributed by atoms with Gasteiger partial charge in [0.25, 0.3) is 5.69 Å². The number of nitro groups is 1. The van der Waals surface area contributed by atoms with Gasteiger partial charge >= 0.3 is 5.97 Å². The molecule has 0 amide bonds. The van der Waals surface area contributed by atoms with E-state index in [2.05, 4.69) is 5.32 Å². The molecule has 20 heavy (non-hydrogen) atoms. The average Bonchev–Trinajstić information content (AvgIpc) is 2.76. The van der Waals surface area contributed by atoms with Gasteiger partial charge in [0.1, 0.15) is 5.56 Å². The molecule has 0 radical (unpaired) electrons. The van der Waals surface area contributed by atoms with E-state index in [0.29, 0.717) is 12.0 Å². The maximum absolute atomic E-state index is 13.9. The van der Waals surface area contributed by atoms with E-state index in [1.165, 1.54) is 0 Å². The van der Waals surface area contributed by atoms with Crippen molar-refractivity contribution in [2.75, 3.05) is 5.32 Å². The first-order valence-corrected chi connectivity index (χ1v) is 6.38. The molecule has 1 aliphatic rings. The number of rotatable bonds is 4. The van der Waals surface area contributed by atoms with E-state index in [-0.39, 0.29) is 11.7 Å². The van der Waals surface area contributed by atoms with Crippen LogP contribution >= 0.6 is 0 Å². The van der Waals surface area contributed by atoms with E-state index in [9.17, 15) is 19.3 Å². The first kappa shape index (κ1) is 14.2. The third-order valence-electron chi connectivity index (χ3n) is 3.71. The summed E-state index contributed by atoms with van der Waals surface area (Å²) in [4.78, 5) is 20.9. The normalized spacial score (nSPS) is 21.7. The van der Waals surface area contributed by atoms with Crippen LogP contribution in [0.5, 0.6) is 0 Å². The quantitative estimate of drug-likeness (QED) is 0.654. The van der Waals surface area contributed by atoms with Crippen molar-refractivity contribution in [3.8, 4) is 0 Å². The van der Waals surface area contributed by atoms with E-state index in [1.54, 1.807) is 0 Å². The second-order valence-corrected chi connectivity index (χ2v) is 5.07. The minimum Gasteiger partial charge on any atom is -0.477 e. The van der Waals surface area contributed by atoms with Crippen LogP contribution in [0.3, 0.4) is 0 Å². The minimum atomic E-state index is -1.45. The molecule has 0 saturated heterocycles. The van der Waals surface area contributed by atoms with Crippen molar-refractivity contribution in [1.29, 1.82) is 0 Å². The van der Waals surface area contributed by atoms with Gasteiger partial charge < -0.3 is 10.4 Å². The highest BCUT2D eigenvalue weighted by Gasteiger charge is 2.27. The van der Waals surface area contributed by atoms with Gasteiger partial charge in [0.15, 0.2) is 5.82 Å². The number of nitrogens with one attached hydrogen (secondary N) is 1. The molecule has 2 atom stereocenters. The highest BCUT2D eigenvalue weighted by atomic mass is 19.1. The van der Waals surface area contributed by atoms with Gasteiger partial charge in [-0.25, -0.2) is 9.18 Å². The Labute approximate surface area is 114 Å². The number of halogens is 1. The number of carbonyl (C=O) groups is 1. The topological polar surface area (TPSA) is 92.5 Å². The third kappa shape index (κ3) is 2.71. The Kier molecular flexibility index (Phi) is 3.87. The zero-order chi connectivity index (χ0) is 14.9. The maximum Gasteiger partial charge on any atom is 0.342 e. The van der Waals surface area contributed by atoms with E-state index in [1.807, 2.05) is 6.92 Å². The summed E-state index contributed by atoms with van der Waals surface area (Å²) in [6, 6.07) is 1.72. The Morgan fingerprint density at radius 1 is 1.50 bits per heavy atom. The molecule has 2 unspecified atom stereocenters. The number of anilines is 1. The van der Waals surface area contributed by atoms with Gasteiger partial charge in [-0.1, -0.05) is 13.3 Å². The molecule has 7 heteroatoms. The van der Waals surface area contributed by atoms with E-state index >= 15 is 0 Å². The standard InChI is InChI=1S/C13H15FN2O4/c1-7-3-2-4-10(7)15-11-5-8(13(17)18)12(16(19)20)6-9(11)14/h5-7,10,15H,2-4H2,1H3,(H,17,18). The van der Waals surface area contributed by atoms with E-state index < -0.39 is 28.0 Å². The van der Waals surface area contributed by atoms with Crippen molar-refractivity contribution in [3.05, 3.63) is 33.6 Å². The highest BCUT2D eigenvalue weighted by Crippen LogP contribution is 2.31. The van der Waals surface area contributed by atoms with Crippen LogP contribution in [0.1, 0.15) is 36.5 Å². The first-order chi connectivity index (χ1) is 9.40. The van der Waals surface area contributed by atoms with Gasteiger partial charge in [-0.3, -0.25) is 10.1 Å². The molecule has 1 fully saturated rings. The number of hydrogen-bond donors (Lipinski definition) is 2. The summed E-state index contributed by atoms with van der Waals surface area (Å²) < 4.78 is 13.9. The van der Waals surface area contributed by atoms with Crippen LogP contribution in [0, 0.1) is 21.8 Å². The first-order valence-electron chi connectivity index (χ1n) is 6.38. The molecule has 0 aliphatic heterocycles. The van der Waals surface area contributed by atoms with Crippen LogP contribution in [0.25, 0.3) is 0 Å². The summed E-state index contributed by atoms with van der Waals surface area (Å²) in [5.41, 5.74) is -1.24. The van der Waals surface area contributed by atoms with Gasteiger partial charge in [0.2, 0.25) is 0 Å². The zero-order valence-electron chi connectivity index (χ0n) is 10.9. The van der Waals surface area contributed by atoms with Crippen molar-refractivity contribution in [3.63, 3.8) is 0 Å². The molecule has 1 aromatic carbocycles. The van der Waals surface area contributed by atoms with Crippen molar-refractivity contribution in [2.24, 2.45) is 5.92 Å². The second-order valence-electron chi connectivity index (χ2n) is 5.07. The van der Waals surface area contributed by atoms with Crippen LogP contribution < -0.4 is 5.32 Å². The van der Waals surface area contributed by atoms with Crippen molar-refractivity contribution in [2.45, 2.75) is 32.2 Å². The van der Waals surface area contributed by atoms with Gasteiger partial charge in [-0.05, 0) is 24.8 Å². The number of carboxylic acid groups (broad SMARTS) is 1. The molecular weight excluding hydrogens is 267 g/mol. The molecule has 1 aliphatic carbocycles. The summed E-state index contributed by atoms with van der Waals surface area (Å²) in [5, 5.41) is 22.7. The molecule has 2 rings (SSSR count). The predicted octanol–water partition coefficient (Wildman–Crippen LogP) is 3.03. The van der Waals surface area contributed by atoms with Crippen LogP contribution in [0.15, 0.2) is 12.1 Å². The molecule has 0 bridgehead atoms. The Bertz CT molecular complexity index is 562. The fraction of sp³-hybridized carbons (Fsp3) is 0.462. The Balaban J connectivity index is 2.36. The molecule has 0 spiro atoms. The SMILES string of the molecule is CC1CCCC1Nc1cc(C(=O)O)c([N+](=O)[O-])cc1F. The molecule has 1 saturated carbocycles. The number of benzene rings is 1. The molecule has 108 valence electrons. The van der Waals surface area contributed by atoms with E-state index in [4.69, 9.17) is 5.11 Å². The monoisotopic (exact) mass is 282 g/mol. The Hall–Kier alpha value is -2.18. The molecule has 0 aromatic heterocycles. The molecule has 1 aromatic rings. The lowest BCUT2D eigenvalue weighted by Gasteiger charge is -2.19. The van der Waals surface area contributed by atoms with Gasteiger partial charge in [0, 0.05) is 6.04 Å². The Morgan fingerprint density at radius 3 is 2.70 bits per heavy atom. The summed E-state index contributed by atoms with van der Waals surface area (Å²) in [5.74, 6) is -1.89. The number of hydrogen-bond acceptors (Lipinski definition) is 4. The number of carboxylic acids is 1. The van der Waals surface area contributed by atoms with Gasteiger partial charge in [0.05, 0.1) is 16.7 Å². The number of aromatic carboxylic acids is 1. The molecular formula is C13H15FN2O4. The van der Waals surface area contributed by atoms with Crippen LogP contribution in [-0.4, -0.2) is 22.0 Å². The average molecular weight is 282 g/mol. The highest BCUT2D eigenvalue weighted by molar-refractivity contribution is 5.93. The summed E-state index contributed by atoms with van der Waals surface area (Å²) in [7, 11) is 0. The summed E-state index contributed by atoms with van der Waals surface area (Å²) in [6.07, 6.45) is 2.93. The summed E-state index contributed by atoms with van der Waals surface area (Å²) in [6.45, 7) is 2.03. The van der Waals surface area contributed by atoms with Gasteiger partial charge in [-0.15, -0.1) is 0 Å². The zero-order valence-corrected chi connectivity index (χ0v) is 10.9. The van der Waals surface area contributed by atoms with Crippen LogP contribution in [-0.2, 0) is 0 Å². The van der Waals surface area contributed by atoms with E-state index in [0.717, 1.165) is 25.3 Å². The minimum absolute atomic E-state index is 0.00625. The van der Waals surface area contributed by atoms with Crippen molar-refractivity contribution in [1.82, 2.24) is 0 Å².